The largest absolute Gasteiger partial charge is 0.332 e. The van der Waals surface area contributed by atoms with Crippen LogP contribution in [0.2, 0.25) is 0 Å². The zero-order valence-corrected chi connectivity index (χ0v) is 10.0. The maximum atomic E-state index is 3.12. The number of hydrogen-bond donors (Lipinski definition) is 0. The van der Waals surface area contributed by atoms with Gasteiger partial charge in [-0.15, -0.1) is 0 Å². The summed E-state index contributed by atoms with van der Waals surface area (Å²) in [4.78, 5) is 2.19. The molecule has 1 aromatic carbocycles. The molecule has 0 N–H and O–H groups in total. The zero-order valence-electron chi connectivity index (χ0n) is 10.0. The third kappa shape index (κ3) is 2.02. The highest BCUT2D eigenvalue weighted by Crippen LogP contribution is 2.23. The van der Waals surface area contributed by atoms with Crippen LogP contribution in [-0.2, 0) is 0 Å². The van der Waals surface area contributed by atoms with Crippen molar-refractivity contribution >= 4 is 0 Å². The van der Waals surface area contributed by atoms with E-state index >= 15 is 0 Å². The van der Waals surface area contributed by atoms with Crippen molar-refractivity contribution in [1.82, 2.24) is 9.47 Å². The van der Waals surface area contributed by atoms with Crippen LogP contribution in [0.3, 0.4) is 0 Å². The summed E-state index contributed by atoms with van der Waals surface area (Å²) in [6, 6.07) is 15.4. The van der Waals surface area contributed by atoms with E-state index in [1.807, 2.05) is 18.2 Å². The highest BCUT2D eigenvalue weighted by Gasteiger charge is 2.10. The molecule has 0 fully saturated rings. The topological polar surface area (TPSA) is 8.17 Å². The summed E-state index contributed by atoms with van der Waals surface area (Å²) in [6.45, 7) is 2.19. The fraction of sp³-hybridized carbons (Fsp3) is 0.286. The molecule has 1 atom stereocenters. The fourth-order valence-corrected chi connectivity index (χ4v) is 1.77. The molecule has 0 amide bonds. The van der Waals surface area contributed by atoms with E-state index in [2.05, 4.69) is 60.9 Å². The molecule has 0 bridgehead atoms. The van der Waals surface area contributed by atoms with Crippen molar-refractivity contribution in [3.05, 3.63) is 48.7 Å². The lowest BCUT2D eigenvalue weighted by atomic mass is 10.1. The highest BCUT2D eigenvalue weighted by molar-refractivity contribution is 5.59. The molecule has 0 saturated heterocycles. The lowest BCUT2D eigenvalue weighted by Gasteiger charge is -2.24. The van der Waals surface area contributed by atoms with Gasteiger partial charge in [0.25, 0.3) is 0 Å². The molecule has 0 aliphatic heterocycles. The normalized spacial score (nSPS) is 13.0. The number of rotatable bonds is 3. The van der Waals surface area contributed by atoms with Crippen LogP contribution in [0.15, 0.2) is 42.6 Å². The Kier molecular flexibility index (Phi) is 3.11. The second-order valence-corrected chi connectivity index (χ2v) is 4.19. The maximum Gasteiger partial charge on any atom is 0.0830 e. The molecule has 0 aliphatic carbocycles. The van der Waals surface area contributed by atoms with Crippen LogP contribution >= 0.6 is 0 Å². The third-order valence-corrected chi connectivity index (χ3v) is 2.93. The molecule has 2 nitrogen and oxygen atoms in total. The van der Waals surface area contributed by atoms with Crippen molar-refractivity contribution in [1.29, 1.82) is 0 Å². The minimum atomic E-state index is 0.352. The Balaban J connectivity index is 2.40. The van der Waals surface area contributed by atoms with Crippen molar-refractivity contribution in [3.63, 3.8) is 0 Å². The minimum absolute atomic E-state index is 0.352. The molecule has 1 heterocycles. The third-order valence-electron chi connectivity index (χ3n) is 2.93. The molecule has 83 valence electrons. The Morgan fingerprint density at radius 3 is 2.69 bits per heavy atom. The van der Waals surface area contributed by atoms with E-state index < -0.39 is 0 Å². The monoisotopic (exact) mass is 213 g/mol. The van der Waals surface area contributed by atoms with E-state index in [0.717, 1.165) is 0 Å². The van der Waals surface area contributed by atoms with Crippen LogP contribution in [0.25, 0.3) is 11.3 Å². The first-order valence-corrected chi connectivity index (χ1v) is 5.50. The quantitative estimate of drug-likeness (QED) is 0.760. The Hall–Kier alpha value is -1.54. The summed E-state index contributed by atoms with van der Waals surface area (Å²) in [7, 11) is 4.18. The molecule has 16 heavy (non-hydrogen) atoms. The predicted octanol–water partition coefficient (Wildman–Crippen LogP) is 3.04. The van der Waals surface area contributed by atoms with Crippen LogP contribution in [0.1, 0.15) is 13.1 Å². The minimum Gasteiger partial charge on any atom is -0.332 e. The lowest BCUT2D eigenvalue weighted by molar-refractivity contribution is 0.241. The van der Waals surface area contributed by atoms with Gasteiger partial charge in [0, 0.05) is 11.9 Å². The van der Waals surface area contributed by atoms with Crippen molar-refractivity contribution in [2.24, 2.45) is 0 Å². The molecule has 2 aromatic rings. The summed E-state index contributed by atoms with van der Waals surface area (Å²) < 4.78 is 2.27. The van der Waals surface area contributed by atoms with Gasteiger partial charge in [-0.25, -0.2) is 0 Å². The number of hydrogen-bond acceptors (Lipinski definition) is 1. The smallest absolute Gasteiger partial charge is 0.0830 e. The van der Waals surface area contributed by atoms with Crippen molar-refractivity contribution in [3.8, 4) is 11.3 Å². The van der Waals surface area contributed by atoms with Gasteiger partial charge in [0.15, 0.2) is 0 Å². The first kappa shape index (κ1) is 11.0. The fourth-order valence-electron chi connectivity index (χ4n) is 1.77. The van der Waals surface area contributed by atoms with E-state index in [0.29, 0.717) is 6.17 Å². The van der Waals surface area contributed by atoms with Gasteiger partial charge in [-0.1, -0.05) is 18.2 Å². The number of nitrogens with zero attached hydrogens (tertiary/aromatic N) is 2. The van der Waals surface area contributed by atoms with Crippen LogP contribution in [0.5, 0.6) is 0 Å². The lowest BCUT2D eigenvalue weighted by Crippen LogP contribution is -2.22. The molecular weight excluding hydrogens is 196 g/mol. The Morgan fingerprint density at radius 2 is 2.06 bits per heavy atom. The molecule has 1 aromatic heterocycles. The molecule has 0 spiro atoms. The zero-order chi connectivity index (χ0) is 11.5. The molecule has 0 aliphatic rings. The van der Waals surface area contributed by atoms with Crippen LogP contribution < -0.4 is 0 Å². The summed E-state index contributed by atoms with van der Waals surface area (Å²) >= 11 is 0. The van der Waals surface area contributed by atoms with Gasteiger partial charge in [0.05, 0.1) is 6.17 Å². The van der Waals surface area contributed by atoms with Crippen molar-refractivity contribution < 1.29 is 0 Å². The molecule has 2 rings (SSSR count). The van der Waals surface area contributed by atoms with Crippen molar-refractivity contribution in [2.75, 3.05) is 14.1 Å². The van der Waals surface area contributed by atoms with Gasteiger partial charge >= 0.3 is 0 Å². The van der Waals surface area contributed by atoms with Gasteiger partial charge in [-0.3, -0.25) is 4.90 Å². The highest BCUT2D eigenvalue weighted by atomic mass is 15.3. The summed E-state index contributed by atoms with van der Waals surface area (Å²) in [5.41, 5.74) is 2.44. The van der Waals surface area contributed by atoms with Gasteiger partial charge < -0.3 is 4.57 Å². The summed E-state index contributed by atoms with van der Waals surface area (Å²) in [5.74, 6) is 0. The van der Waals surface area contributed by atoms with E-state index in [-0.39, 0.29) is 0 Å². The molecular formula is C14H17N2. The van der Waals surface area contributed by atoms with Crippen molar-refractivity contribution in [2.45, 2.75) is 13.1 Å². The Labute approximate surface area is 97.1 Å². The molecule has 1 unspecified atom stereocenters. The van der Waals surface area contributed by atoms with Gasteiger partial charge in [0.2, 0.25) is 0 Å². The van der Waals surface area contributed by atoms with E-state index in [9.17, 15) is 0 Å². The van der Waals surface area contributed by atoms with E-state index in [4.69, 9.17) is 0 Å². The summed E-state index contributed by atoms with van der Waals surface area (Å²) in [5, 5.41) is 0. The number of benzene rings is 1. The molecule has 1 radical (unpaired) electrons. The van der Waals surface area contributed by atoms with Gasteiger partial charge in [0.1, 0.15) is 0 Å². The average Bonchev–Trinajstić information content (AvgIpc) is 2.77. The molecule has 2 heteroatoms. The maximum absolute atomic E-state index is 3.12. The Morgan fingerprint density at radius 1 is 1.25 bits per heavy atom. The van der Waals surface area contributed by atoms with Crippen LogP contribution in [-0.4, -0.2) is 23.6 Å². The first-order valence-electron chi connectivity index (χ1n) is 5.50. The average molecular weight is 213 g/mol. The predicted molar refractivity (Wildman–Crippen MR) is 67.1 cm³/mol. The second-order valence-electron chi connectivity index (χ2n) is 4.19. The second kappa shape index (κ2) is 4.54. The SMILES string of the molecule is CC(N(C)C)n1cccc1-c1c[c]ccc1. The number of aromatic nitrogens is 1. The van der Waals surface area contributed by atoms with Gasteiger partial charge in [-0.05, 0) is 50.8 Å². The standard InChI is InChI=1S/C14H17N2/c1-12(15(2)3)16-11-7-10-14(16)13-8-5-4-6-9-13/h4-5,7-12H,1-3H3. The summed E-state index contributed by atoms with van der Waals surface area (Å²) in [6.07, 6.45) is 2.47. The van der Waals surface area contributed by atoms with E-state index in [1.54, 1.807) is 0 Å². The van der Waals surface area contributed by atoms with Gasteiger partial charge in [-0.2, -0.15) is 0 Å². The Bertz CT molecular complexity index is 443. The molecule has 0 saturated carbocycles. The first-order chi connectivity index (χ1) is 7.70. The van der Waals surface area contributed by atoms with E-state index in [1.165, 1.54) is 11.3 Å². The van der Waals surface area contributed by atoms with Crippen LogP contribution in [0, 0.1) is 6.07 Å². The van der Waals surface area contributed by atoms with Crippen LogP contribution in [0.4, 0.5) is 0 Å².